The summed E-state index contributed by atoms with van der Waals surface area (Å²) in [6.45, 7) is 0.391. The lowest BCUT2D eigenvalue weighted by Crippen LogP contribution is -2.21. The van der Waals surface area contributed by atoms with Gasteiger partial charge < -0.3 is 9.30 Å². The molecule has 1 heterocycles. The Balaban J connectivity index is 1.77. The van der Waals surface area contributed by atoms with Gasteiger partial charge in [-0.15, -0.1) is 0 Å². The molecule has 2 aliphatic rings. The lowest BCUT2D eigenvalue weighted by molar-refractivity contribution is 0.0476. The zero-order valence-electron chi connectivity index (χ0n) is 11.6. The van der Waals surface area contributed by atoms with Gasteiger partial charge in [-0.25, -0.2) is 13.2 Å². The summed E-state index contributed by atoms with van der Waals surface area (Å²) >= 11 is 0. The average molecular weight is 332 g/mol. The molecule has 2 saturated carbocycles. The summed E-state index contributed by atoms with van der Waals surface area (Å²) in [5, 5.41) is 0. The maximum absolute atomic E-state index is 12.2. The van der Waals surface area contributed by atoms with Crippen LogP contribution in [0, 0.1) is 5.92 Å². The van der Waals surface area contributed by atoms with Crippen LogP contribution in [0.5, 0.6) is 0 Å². The number of aromatic nitrogens is 1. The monoisotopic (exact) mass is 331 g/mol. The lowest BCUT2D eigenvalue weighted by Gasteiger charge is -2.28. The fourth-order valence-electron chi connectivity index (χ4n) is 2.52. The summed E-state index contributed by atoms with van der Waals surface area (Å²) in [5.41, 5.74) is 0.287. The van der Waals surface area contributed by atoms with Crippen LogP contribution >= 0.6 is 10.7 Å². The Kier molecular flexibility index (Phi) is 4.01. The van der Waals surface area contributed by atoms with Crippen LogP contribution in [0.2, 0.25) is 0 Å². The highest BCUT2D eigenvalue weighted by Crippen LogP contribution is 2.35. The highest BCUT2D eigenvalue weighted by Gasteiger charge is 2.28. The van der Waals surface area contributed by atoms with Gasteiger partial charge in [-0.3, -0.25) is 0 Å². The Morgan fingerprint density at radius 1 is 1.33 bits per heavy atom. The molecule has 21 heavy (non-hydrogen) atoms. The van der Waals surface area contributed by atoms with E-state index >= 15 is 0 Å². The molecule has 116 valence electrons. The highest BCUT2D eigenvalue weighted by molar-refractivity contribution is 8.13. The van der Waals surface area contributed by atoms with Crippen molar-refractivity contribution in [2.24, 2.45) is 5.92 Å². The minimum Gasteiger partial charge on any atom is -0.461 e. The first-order valence-corrected chi connectivity index (χ1v) is 9.60. The van der Waals surface area contributed by atoms with Crippen LogP contribution in [0.4, 0.5) is 0 Å². The third-order valence-corrected chi connectivity index (χ3v) is 5.56. The van der Waals surface area contributed by atoms with Crippen molar-refractivity contribution in [3.8, 4) is 0 Å². The Labute approximate surface area is 128 Å². The van der Waals surface area contributed by atoms with Gasteiger partial charge in [-0.2, -0.15) is 0 Å². The number of hydrogen-bond donors (Lipinski definition) is 0. The van der Waals surface area contributed by atoms with Gasteiger partial charge in [0.25, 0.3) is 9.05 Å². The first kappa shape index (κ1) is 14.9. The molecule has 7 heteroatoms. The van der Waals surface area contributed by atoms with Crippen LogP contribution in [-0.4, -0.2) is 25.6 Å². The standard InChI is InChI=1S/C14H18ClNO4S/c15-21(18,19)12-8-13(16(9-12)11-2-1-3-11)14(17)20-7-6-10-4-5-10/h8-11H,1-7H2. The Morgan fingerprint density at radius 3 is 2.57 bits per heavy atom. The van der Waals surface area contributed by atoms with E-state index in [-0.39, 0.29) is 16.6 Å². The SMILES string of the molecule is O=C(OCCC1CC1)c1cc(S(=O)(=O)Cl)cn1C1CCC1. The largest absolute Gasteiger partial charge is 0.461 e. The third kappa shape index (κ3) is 3.43. The van der Waals surface area contributed by atoms with Crippen molar-refractivity contribution in [1.82, 2.24) is 4.57 Å². The minimum absolute atomic E-state index is 0.0368. The van der Waals surface area contributed by atoms with Gasteiger partial charge in [0.1, 0.15) is 10.6 Å². The van der Waals surface area contributed by atoms with Crippen molar-refractivity contribution in [3.05, 3.63) is 18.0 Å². The predicted octanol–water partition coefficient (Wildman–Crippen LogP) is 3.10. The van der Waals surface area contributed by atoms with E-state index in [0.29, 0.717) is 12.5 Å². The predicted molar refractivity (Wildman–Crippen MR) is 78.0 cm³/mol. The first-order chi connectivity index (χ1) is 9.95. The molecular formula is C14H18ClNO4S. The van der Waals surface area contributed by atoms with Crippen molar-refractivity contribution in [2.45, 2.75) is 49.5 Å². The number of ether oxygens (including phenoxy) is 1. The number of halogens is 1. The summed E-state index contributed by atoms with van der Waals surface area (Å²) in [4.78, 5) is 12.1. The second kappa shape index (κ2) is 5.65. The van der Waals surface area contributed by atoms with E-state index in [9.17, 15) is 13.2 Å². The molecule has 0 saturated heterocycles. The number of carbonyl (C=O) groups excluding carboxylic acids is 1. The molecule has 5 nitrogen and oxygen atoms in total. The van der Waals surface area contributed by atoms with E-state index in [0.717, 1.165) is 25.7 Å². The molecule has 2 aliphatic carbocycles. The van der Waals surface area contributed by atoms with Gasteiger partial charge in [0, 0.05) is 22.9 Å². The molecule has 0 amide bonds. The maximum atomic E-state index is 12.2. The fraction of sp³-hybridized carbons (Fsp3) is 0.643. The molecule has 0 spiro atoms. The molecule has 0 bridgehead atoms. The van der Waals surface area contributed by atoms with Crippen molar-refractivity contribution in [3.63, 3.8) is 0 Å². The summed E-state index contributed by atoms with van der Waals surface area (Å²) in [7, 11) is 1.54. The summed E-state index contributed by atoms with van der Waals surface area (Å²) in [6, 6.07) is 1.49. The minimum atomic E-state index is -3.84. The van der Waals surface area contributed by atoms with Crippen LogP contribution < -0.4 is 0 Å². The molecule has 1 aromatic heterocycles. The number of rotatable bonds is 6. The molecule has 2 fully saturated rings. The second-order valence-corrected chi connectivity index (χ2v) is 8.42. The van der Waals surface area contributed by atoms with Gasteiger partial charge >= 0.3 is 5.97 Å². The quantitative estimate of drug-likeness (QED) is 0.593. The van der Waals surface area contributed by atoms with E-state index in [1.165, 1.54) is 25.1 Å². The molecule has 0 atom stereocenters. The normalized spacial score (nSPS) is 19.3. The molecule has 0 aliphatic heterocycles. The van der Waals surface area contributed by atoms with Crippen molar-refractivity contribution in [1.29, 1.82) is 0 Å². The van der Waals surface area contributed by atoms with Crippen molar-refractivity contribution in [2.75, 3.05) is 6.61 Å². The Bertz CT molecular complexity index is 644. The first-order valence-electron chi connectivity index (χ1n) is 7.29. The molecule has 0 radical (unpaired) electrons. The summed E-state index contributed by atoms with van der Waals surface area (Å²) in [6.07, 6.45) is 7.73. The molecule has 0 unspecified atom stereocenters. The van der Waals surface area contributed by atoms with E-state index < -0.39 is 15.0 Å². The fourth-order valence-corrected chi connectivity index (χ4v) is 3.26. The van der Waals surface area contributed by atoms with Gasteiger partial charge in [0.05, 0.1) is 6.61 Å². The smallest absolute Gasteiger partial charge is 0.354 e. The lowest BCUT2D eigenvalue weighted by atomic mass is 9.93. The van der Waals surface area contributed by atoms with Crippen molar-refractivity contribution < 1.29 is 17.9 Å². The molecule has 0 aromatic carbocycles. The highest BCUT2D eigenvalue weighted by atomic mass is 35.7. The van der Waals surface area contributed by atoms with Crippen LogP contribution in [-0.2, 0) is 13.8 Å². The topological polar surface area (TPSA) is 65.4 Å². The van der Waals surface area contributed by atoms with Gasteiger partial charge in [-0.05, 0) is 37.7 Å². The Hall–Kier alpha value is -1.01. The van der Waals surface area contributed by atoms with Crippen molar-refractivity contribution >= 4 is 25.7 Å². The zero-order valence-corrected chi connectivity index (χ0v) is 13.2. The number of nitrogens with zero attached hydrogens (tertiary/aromatic N) is 1. The average Bonchev–Trinajstić information content (AvgIpc) is 3.04. The summed E-state index contributed by atoms with van der Waals surface area (Å²) < 4.78 is 29.9. The molecule has 3 rings (SSSR count). The van der Waals surface area contributed by atoms with Gasteiger partial charge in [0.15, 0.2) is 0 Å². The van der Waals surface area contributed by atoms with Gasteiger partial charge in [0.2, 0.25) is 0 Å². The van der Waals surface area contributed by atoms with E-state index in [4.69, 9.17) is 15.4 Å². The maximum Gasteiger partial charge on any atom is 0.354 e. The van der Waals surface area contributed by atoms with E-state index in [1.807, 2.05) is 0 Å². The Morgan fingerprint density at radius 2 is 2.05 bits per heavy atom. The third-order valence-electron chi connectivity index (χ3n) is 4.24. The molecular weight excluding hydrogens is 314 g/mol. The second-order valence-electron chi connectivity index (χ2n) is 5.86. The number of carbonyl (C=O) groups is 1. The number of hydrogen-bond acceptors (Lipinski definition) is 4. The zero-order chi connectivity index (χ0) is 15.0. The molecule has 0 N–H and O–H groups in total. The summed E-state index contributed by atoms with van der Waals surface area (Å²) in [5.74, 6) is 0.226. The van der Waals surface area contributed by atoms with Gasteiger partial charge in [-0.1, -0.05) is 12.8 Å². The van der Waals surface area contributed by atoms with Crippen LogP contribution in [0.3, 0.4) is 0 Å². The van der Waals surface area contributed by atoms with E-state index in [1.54, 1.807) is 4.57 Å². The van der Waals surface area contributed by atoms with Crippen LogP contribution in [0.1, 0.15) is 55.1 Å². The van der Waals surface area contributed by atoms with E-state index in [2.05, 4.69) is 0 Å². The number of esters is 1. The van der Waals surface area contributed by atoms with Crippen LogP contribution in [0.15, 0.2) is 17.2 Å². The molecule has 1 aromatic rings. The van der Waals surface area contributed by atoms with Crippen LogP contribution in [0.25, 0.3) is 0 Å².